The van der Waals surface area contributed by atoms with Crippen LogP contribution in [-0.4, -0.2) is 31.4 Å². The van der Waals surface area contributed by atoms with Gasteiger partial charge in [-0.3, -0.25) is 9.59 Å². The highest BCUT2D eigenvalue weighted by atomic mass is 35.5. The minimum atomic E-state index is -0.244. The highest BCUT2D eigenvalue weighted by molar-refractivity contribution is 5.96. The molecule has 0 saturated carbocycles. The minimum Gasteiger partial charge on any atom is -0.353 e. The van der Waals surface area contributed by atoms with Crippen LogP contribution in [0.2, 0.25) is 0 Å². The predicted molar refractivity (Wildman–Crippen MR) is 99.9 cm³/mol. The molecule has 1 aliphatic rings. The molecular weight excluding hydrogens is 338 g/mol. The summed E-state index contributed by atoms with van der Waals surface area (Å²) in [5, 5.41) is 8.94. The summed E-state index contributed by atoms with van der Waals surface area (Å²) in [5.74, 6) is -0.434. The number of carbonyl (C=O) groups is 2. The minimum absolute atomic E-state index is 0. The number of benzene rings is 2. The van der Waals surface area contributed by atoms with Crippen molar-refractivity contribution in [3.63, 3.8) is 0 Å². The van der Waals surface area contributed by atoms with E-state index in [-0.39, 0.29) is 36.8 Å². The molecule has 132 valence electrons. The number of fused-ring (bicyclic) bond motifs is 1. The van der Waals surface area contributed by atoms with Gasteiger partial charge in [0.1, 0.15) is 0 Å². The second-order valence-electron chi connectivity index (χ2n) is 5.81. The lowest BCUT2D eigenvalue weighted by Gasteiger charge is -2.27. The zero-order valence-electron chi connectivity index (χ0n) is 13.8. The van der Waals surface area contributed by atoms with E-state index in [1.165, 1.54) is 11.1 Å². The van der Waals surface area contributed by atoms with Gasteiger partial charge in [-0.05, 0) is 36.2 Å². The molecule has 3 N–H and O–H groups in total. The van der Waals surface area contributed by atoms with E-state index >= 15 is 0 Å². The van der Waals surface area contributed by atoms with Crippen molar-refractivity contribution in [3.8, 4) is 0 Å². The maximum absolute atomic E-state index is 12.0. The van der Waals surface area contributed by atoms with Gasteiger partial charge in [0.15, 0.2) is 0 Å². The van der Waals surface area contributed by atoms with E-state index in [0.717, 1.165) is 13.0 Å². The second-order valence-corrected chi connectivity index (χ2v) is 5.81. The molecule has 0 radical (unpaired) electrons. The van der Waals surface area contributed by atoms with Crippen LogP contribution in [0.1, 0.15) is 27.5 Å². The van der Waals surface area contributed by atoms with Crippen molar-refractivity contribution >= 4 is 24.2 Å². The Labute approximate surface area is 153 Å². The Morgan fingerprint density at radius 3 is 2.52 bits per heavy atom. The maximum Gasteiger partial charge on any atom is 0.251 e. The van der Waals surface area contributed by atoms with Crippen LogP contribution < -0.4 is 16.0 Å². The van der Waals surface area contributed by atoms with Crippen LogP contribution >= 0.6 is 12.4 Å². The van der Waals surface area contributed by atoms with Gasteiger partial charge in [0.2, 0.25) is 5.91 Å². The highest BCUT2D eigenvalue weighted by Gasteiger charge is 2.19. The Hall–Kier alpha value is -2.37. The lowest BCUT2D eigenvalue weighted by molar-refractivity contribution is -0.120. The van der Waals surface area contributed by atoms with E-state index in [4.69, 9.17) is 0 Å². The third kappa shape index (κ3) is 5.05. The molecule has 1 unspecified atom stereocenters. The lowest BCUT2D eigenvalue weighted by atomic mass is 9.94. The molecule has 5 nitrogen and oxygen atoms in total. The molecule has 3 rings (SSSR count). The fourth-order valence-corrected chi connectivity index (χ4v) is 2.91. The van der Waals surface area contributed by atoms with Crippen LogP contribution in [0.3, 0.4) is 0 Å². The standard InChI is InChI=1S/C19H21N3O2.ClH/c23-18(13-22-19(24)15-7-2-1-3-8-15)21-12-17-16-9-5-4-6-14(16)10-11-20-17;/h1-9,17,20H,10-13H2,(H,21,23)(H,22,24);1H. The first-order chi connectivity index (χ1) is 11.7. The third-order valence-electron chi connectivity index (χ3n) is 4.16. The molecule has 2 amide bonds. The lowest BCUT2D eigenvalue weighted by Crippen LogP contribution is -2.42. The van der Waals surface area contributed by atoms with Gasteiger partial charge in [-0.1, -0.05) is 42.5 Å². The summed E-state index contributed by atoms with van der Waals surface area (Å²) in [4.78, 5) is 23.9. The van der Waals surface area contributed by atoms with E-state index in [2.05, 4.69) is 28.1 Å². The molecule has 2 aromatic rings. The first kappa shape index (κ1) is 19.0. The number of rotatable bonds is 5. The van der Waals surface area contributed by atoms with Crippen molar-refractivity contribution in [1.82, 2.24) is 16.0 Å². The Balaban J connectivity index is 0.00000225. The Bertz CT molecular complexity index is 722. The monoisotopic (exact) mass is 359 g/mol. The van der Waals surface area contributed by atoms with E-state index < -0.39 is 0 Å². The smallest absolute Gasteiger partial charge is 0.251 e. The quantitative estimate of drug-likeness (QED) is 0.763. The summed E-state index contributed by atoms with van der Waals surface area (Å²) in [7, 11) is 0. The van der Waals surface area contributed by atoms with Gasteiger partial charge in [-0.2, -0.15) is 0 Å². The van der Waals surface area contributed by atoms with Crippen LogP contribution in [0.4, 0.5) is 0 Å². The molecule has 6 heteroatoms. The molecule has 0 saturated heterocycles. The molecule has 1 aliphatic heterocycles. The predicted octanol–water partition coefficient (Wildman–Crippen LogP) is 1.84. The maximum atomic E-state index is 12.0. The molecule has 25 heavy (non-hydrogen) atoms. The van der Waals surface area contributed by atoms with Crippen LogP contribution in [0, 0.1) is 0 Å². The van der Waals surface area contributed by atoms with Crippen molar-refractivity contribution in [2.45, 2.75) is 12.5 Å². The van der Waals surface area contributed by atoms with Crippen molar-refractivity contribution in [1.29, 1.82) is 0 Å². The van der Waals surface area contributed by atoms with Crippen LogP contribution in [0.15, 0.2) is 54.6 Å². The van der Waals surface area contributed by atoms with Gasteiger partial charge in [0.05, 0.1) is 6.54 Å². The zero-order valence-corrected chi connectivity index (χ0v) is 14.6. The number of amides is 2. The number of halogens is 1. The number of hydrogen-bond acceptors (Lipinski definition) is 3. The Morgan fingerprint density at radius 1 is 1.00 bits per heavy atom. The fraction of sp³-hybridized carbons (Fsp3) is 0.263. The Morgan fingerprint density at radius 2 is 1.72 bits per heavy atom. The largest absolute Gasteiger partial charge is 0.353 e. The van der Waals surface area contributed by atoms with Crippen molar-refractivity contribution < 1.29 is 9.59 Å². The molecule has 2 aromatic carbocycles. The number of hydrogen-bond donors (Lipinski definition) is 3. The molecule has 0 aliphatic carbocycles. The van der Waals surface area contributed by atoms with E-state index in [1.807, 2.05) is 18.2 Å². The SMILES string of the molecule is Cl.O=C(CNC(=O)c1ccccc1)NCC1NCCc2ccccc21. The summed E-state index contributed by atoms with van der Waals surface area (Å²) in [6.45, 7) is 1.39. The molecule has 0 spiro atoms. The molecule has 1 atom stereocenters. The third-order valence-corrected chi connectivity index (χ3v) is 4.16. The second kappa shape index (κ2) is 9.20. The zero-order chi connectivity index (χ0) is 16.8. The average Bonchev–Trinajstić information content (AvgIpc) is 2.65. The normalized spacial score (nSPS) is 15.4. The van der Waals surface area contributed by atoms with Gasteiger partial charge in [0, 0.05) is 18.2 Å². The molecule has 0 bridgehead atoms. The summed E-state index contributed by atoms with van der Waals surface area (Å²) >= 11 is 0. The highest BCUT2D eigenvalue weighted by Crippen LogP contribution is 2.21. The van der Waals surface area contributed by atoms with E-state index in [1.54, 1.807) is 24.3 Å². The van der Waals surface area contributed by atoms with Crippen molar-refractivity contribution in [2.75, 3.05) is 19.6 Å². The van der Waals surface area contributed by atoms with Crippen LogP contribution in [-0.2, 0) is 11.2 Å². The first-order valence-corrected chi connectivity index (χ1v) is 8.15. The number of nitrogens with one attached hydrogen (secondary N) is 3. The molecule has 1 heterocycles. The van der Waals surface area contributed by atoms with Gasteiger partial charge < -0.3 is 16.0 Å². The topological polar surface area (TPSA) is 70.2 Å². The van der Waals surface area contributed by atoms with Gasteiger partial charge >= 0.3 is 0 Å². The summed E-state index contributed by atoms with van der Waals surface area (Å²) in [6.07, 6.45) is 1.01. The van der Waals surface area contributed by atoms with Gasteiger partial charge in [0.25, 0.3) is 5.91 Å². The fourth-order valence-electron chi connectivity index (χ4n) is 2.91. The molecule has 0 aromatic heterocycles. The van der Waals surface area contributed by atoms with Gasteiger partial charge in [-0.15, -0.1) is 12.4 Å². The van der Waals surface area contributed by atoms with E-state index in [9.17, 15) is 9.59 Å². The van der Waals surface area contributed by atoms with Crippen LogP contribution in [0.25, 0.3) is 0 Å². The van der Waals surface area contributed by atoms with Crippen molar-refractivity contribution in [3.05, 3.63) is 71.3 Å². The first-order valence-electron chi connectivity index (χ1n) is 8.15. The van der Waals surface area contributed by atoms with E-state index in [0.29, 0.717) is 12.1 Å². The van der Waals surface area contributed by atoms with Crippen molar-refractivity contribution in [2.24, 2.45) is 0 Å². The summed E-state index contributed by atoms with van der Waals surface area (Å²) < 4.78 is 0. The molecule has 0 fully saturated rings. The Kier molecular flexibility index (Phi) is 6.98. The average molecular weight is 360 g/mol. The molecular formula is C19H22ClN3O2. The number of carbonyl (C=O) groups excluding carboxylic acids is 2. The van der Waals surface area contributed by atoms with Crippen LogP contribution in [0.5, 0.6) is 0 Å². The summed E-state index contributed by atoms with van der Waals surface area (Å²) in [5.41, 5.74) is 3.11. The van der Waals surface area contributed by atoms with Gasteiger partial charge in [-0.25, -0.2) is 0 Å². The summed E-state index contributed by atoms with van der Waals surface area (Å²) in [6, 6.07) is 17.3.